The maximum Gasteiger partial charge on any atom is 0.325 e. The number of esters is 1. The number of ether oxygens (including phenoxy) is 1. The van der Waals surface area contributed by atoms with Gasteiger partial charge in [-0.1, -0.05) is 19.0 Å². The summed E-state index contributed by atoms with van der Waals surface area (Å²) in [6.07, 6.45) is 1.75. The van der Waals surface area contributed by atoms with Crippen LogP contribution in [0.1, 0.15) is 57.0 Å². The van der Waals surface area contributed by atoms with Crippen molar-refractivity contribution in [3.05, 3.63) is 17.5 Å². The average molecular weight is 309 g/mol. The van der Waals surface area contributed by atoms with E-state index in [1.165, 1.54) is 0 Å². The molecule has 0 aromatic carbocycles. The van der Waals surface area contributed by atoms with Gasteiger partial charge in [0.1, 0.15) is 18.0 Å². The van der Waals surface area contributed by atoms with Crippen LogP contribution in [0.25, 0.3) is 0 Å². The molecule has 0 saturated carbocycles. The Morgan fingerprint density at radius 2 is 2.32 bits per heavy atom. The number of amides is 2. The fraction of sp³-hybridized carbons (Fsp3) is 0.667. The summed E-state index contributed by atoms with van der Waals surface area (Å²) in [5.41, 5.74) is 0.771. The summed E-state index contributed by atoms with van der Waals surface area (Å²) in [5, 5.41) is 6.68. The Bertz CT molecular complexity index is 527. The van der Waals surface area contributed by atoms with Gasteiger partial charge in [-0.25, -0.2) is 4.79 Å². The highest BCUT2D eigenvalue weighted by Gasteiger charge is 2.32. The number of nitrogens with one attached hydrogen (secondary N) is 1. The van der Waals surface area contributed by atoms with Crippen LogP contribution in [0.5, 0.6) is 0 Å². The SMILES string of the molecule is CCOC(=O)CNC(=O)N1CCC[C@H]1c1cc(C(C)C)on1. The Morgan fingerprint density at radius 1 is 1.55 bits per heavy atom. The van der Waals surface area contributed by atoms with Gasteiger partial charge in [0, 0.05) is 18.5 Å². The largest absolute Gasteiger partial charge is 0.465 e. The number of likely N-dealkylation sites (tertiary alicyclic amines) is 1. The molecule has 0 radical (unpaired) electrons. The first-order valence-corrected chi connectivity index (χ1v) is 7.69. The van der Waals surface area contributed by atoms with Gasteiger partial charge in [-0.3, -0.25) is 4.79 Å². The Labute approximate surface area is 130 Å². The van der Waals surface area contributed by atoms with Crippen molar-refractivity contribution < 1.29 is 18.8 Å². The molecule has 1 saturated heterocycles. The highest BCUT2D eigenvalue weighted by atomic mass is 16.5. The lowest BCUT2D eigenvalue weighted by Crippen LogP contribution is -2.42. The van der Waals surface area contributed by atoms with Crippen LogP contribution in [0, 0.1) is 0 Å². The van der Waals surface area contributed by atoms with Crippen LogP contribution in [0.15, 0.2) is 10.6 Å². The van der Waals surface area contributed by atoms with Crippen molar-refractivity contribution in [3.8, 4) is 0 Å². The highest BCUT2D eigenvalue weighted by molar-refractivity contribution is 5.81. The molecule has 122 valence electrons. The van der Waals surface area contributed by atoms with Crippen molar-refractivity contribution in [3.63, 3.8) is 0 Å². The predicted octanol–water partition coefficient (Wildman–Crippen LogP) is 2.21. The van der Waals surface area contributed by atoms with Gasteiger partial charge in [-0.2, -0.15) is 0 Å². The topological polar surface area (TPSA) is 84.7 Å². The second-order valence-electron chi connectivity index (χ2n) is 5.62. The zero-order valence-electron chi connectivity index (χ0n) is 13.3. The van der Waals surface area contributed by atoms with Crippen molar-refractivity contribution >= 4 is 12.0 Å². The van der Waals surface area contributed by atoms with E-state index in [-0.39, 0.29) is 24.5 Å². The molecule has 1 aliphatic rings. The highest BCUT2D eigenvalue weighted by Crippen LogP contribution is 2.32. The van der Waals surface area contributed by atoms with Crippen molar-refractivity contribution in [1.82, 2.24) is 15.4 Å². The Balaban J connectivity index is 1.97. The summed E-state index contributed by atoms with van der Waals surface area (Å²) in [6.45, 7) is 6.62. The van der Waals surface area contributed by atoms with Crippen LogP contribution in [0.3, 0.4) is 0 Å². The number of hydrogen-bond donors (Lipinski definition) is 1. The van der Waals surface area contributed by atoms with E-state index in [4.69, 9.17) is 9.26 Å². The molecule has 0 unspecified atom stereocenters. The molecule has 7 heteroatoms. The second-order valence-corrected chi connectivity index (χ2v) is 5.62. The van der Waals surface area contributed by atoms with Crippen molar-refractivity contribution in [2.75, 3.05) is 19.7 Å². The van der Waals surface area contributed by atoms with Crippen LogP contribution in [-0.4, -0.2) is 41.8 Å². The van der Waals surface area contributed by atoms with Crippen LogP contribution in [0.2, 0.25) is 0 Å². The molecule has 0 bridgehead atoms. The van der Waals surface area contributed by atoms with Gasteiger partial charge < -0.3 is 19.5 Å². The van der Waals surface area contributed by atoms with Crippen molar-refractivity contribution in [2.45, 2.75) is 45.6 Å². The standard InChI is InChI=1S/C15H23N3O4/c1-4-21-14(19)9-16-15(20)18-7-5-6-12(18)11-8-13(10(2)3)22-17-11/h8,10,12H,4-7,9H2,1-3H3,(H,16,20)/t12-/m0/s1. The minimum absolute atomic E-state index is 0.0987. The minimum atomic E-state index is -0.435. The van der Waals surface area contributed by atoms with Crippen LogP contribution in [-0.2, 0) is 9.53 Å². The first-order valence-electron chi connectivity index (χ1n) is 7.69. The molecule has 1 aromatic rings. The fourth-order valence-corrected chi connectivity index (χ4v) is 2.51. The van der Waals surface area contributed by atoms with Gasteiger partial charge in [-0.15, -0.1) is 0 Å². The number of urea groups is 1. The number of carbonyl (C=O) groups excluding carboxylic acids is 2. The molecule has 1 aromatic heterocycles. The number of rotatable bonds is 5. The molecule has 0 spiro atoms. The van der Waals surface area contributed by atoms with Gasteiger partial charge in [0.05, 0.1) is 12.6 Å². The van der Waals surface area contributed by atoms with Crippen molar-refractivity contribution in [1.29, 1.82) is 0 Å². The smallest absolute Gasteiger partial charge is 0.325 e. The number of nitrogens with zero attached hydrogens (tertiary/aromatic N) is 2. The van der Waals surface area contributed by atoms with Gasteiger partial charge in [0.25, 0.3) is 0 Å². The molecule has 7 nitrogen and oxygen atoms in total. The van der Waals surface area contributed by atoms with Crippen LogP contribution >= 0.6 is 0 Å². The van der Waals surface area contributed by atoms with Crippen LogP contribution in [0.4, 0.5) is 4.79 Å². The van der Waals surface area contributed by atoms with E-state index in [1.807, 2.05) is 19.9 Å². The maximum absolute atomic E-state index is 12.2. The van der Waals surface area contributed by atoms with E-state index in [0.29, 0.717) is 13.2 Å². The Kier molecular flexibility index (Phi) is 5.41. The molecule has 1 fully saturated rings. The molecule has 1 N–H and O–H groups in total. The van der Waals surface area contributed by atoms with Gasteiger partial charge >= 0.3 is 12.0 Å². The zero-order valence-corrected chi connectivity index (χ0v) is 13.3. The van der Waals surface area contributed by atoms with Gasteiger partial charge in [0.15, 0.2) is 0 Å². The third kappa shape index (κ3) is 3.78. The first-order chi connectivity index (χ1) is 10.5. The third-order valence-electron chi connectivity index (χ3n) is 3.66. The predicted molar refractivity (Wildman–Crippen MR) is 79.3 cm³/mol. The van der Waals surface area contributed by atoms with E-state index in [9.17, 15) is 9.59 Å². The molecule has 1 atom stereocenters. The van der Waals surface area contributed by atoms with Gasteiger partial charge in [0.2, 0.25) is 0 Å². The lowest BCUT2D eigenvalue weighted by molar-refractivity contribution is -0.141. The Hall–Kier alpha value is -2.05. The molecular weight excluding hydrogens is 286 g/mol. The molecule has 2 heterocycles. The van der Waals surface area contributed by atoms with E-state index >= 15 is 0 Å². The minimum Gasteiger partial charge on any atom is -0.465 e. The summed E-state index contributed by atoms with van der Waals surface area (Å²) in [5.74, 6) is 0.637. The second kappa shape index (κ2) is 7.29. The molecule has 2 rings (SSSR count). The van der Waals surface area contributed by atoms with Crippen molar-refractivity contribution in [2.24, 2.45) is 0 Å². The third-order valence-corrected chi connectivity index (χ3v) is 3.66. The molecule has 1 aliphatic heterocycles. The van der Waals surface area contributed by atoms with Crippen LogP contribution < -0.4 is 5.32 Å². The van der Waals surface area contributed by atoms with E-state index in [1.54, 1.807) is 11.8 Å². The summed E-state index contributed by atoms with van der Waals surface area (Å²) in [4.78, 5) is 25.2. The summed E-state index contributed by atoms with van der Waals surface area (Å²) in [7, 11) is 0. The lowest BCUT2D eigenvalue weighted by atomic mass is 10.1. The molecule has 2 amide bonds. The maximum atomic E-state index is 12.2. The lowest BCUT2D eigenvalue weighted by Gasteiger charge is -2.23. The number of hydrogen-bond acceptors (Lipinski definition) is 5. The molecular formula is C15H23N3O4. The van der Waals surface area contributed by atoms with E-state index in [0.717, 1.165) is 24.3 Å². The van der Waals surface area contributed by atoms with Gasteiger partial charge in [-0.05, 0) is 19.8 Å². The summed E-state index contributed by atoms with van der Waals surface area (Å²) < 4.78 is 10.1. The number of carbonyl (C=O) groups is 2. The van der Waals surface area contributed by atoms with E-state index in [2.05, 4.69) is 10.5 Å². The first kappa shape index (κ1) is 16.3. The number of aromatic nitrogens is 1. The molecule has 22 heavy (non-hydrogen) atoms. The monoisotopic (exact) mass is 309 g/mol. The summed E-state index contributed by atoms with van der Waals surface area (Å²) in [6, 6.07) is 1.54. The quantitative estimate of drug-likeness (QED) is 0.843. The normalized spacial score (nSPS) is 17.8. The zero-order chi connectivity index (χ0) is 16.1. The summed E-state index contributed by atoms with van der Waals surface area (Å²) >= 11 is 0. The molecule has 0 aliphatic carbocycles. The average Bonchev–Trinajstić information content (AvgIpc) is 3.13. The van der Waals surface area contributed by atoms with E-state index < -0.39 is 5.97 Å². The fourth-order valence-electron chi connectivity index (χ4n) is 2.51. The Morgan fingerprint density at radius 3 is 2.95 bits per heavy atom.